The van der Waals surface area contributed by atoms with Crippen molar-refractivity contribution >= 4 is 23.3 Å². The molecule has 0 unspecified atom stereocenters. The van der Waals surface area contributed by atoms with Gasteiger partial charge in [0.05, 0.1) is 29.6 Å². The number of amides is 1. The number of anilines is 1. The van der Waals surface area contributed by atoms with Gasteiger partial charge in [0.2, 0.25) is 0 Å². The number of hydrogen-bond acceptors (Lipinski definition) is 8. The Labute approximate surface area is 171 Å². The maximum absolute atomic E-state index is 12.1. The summed E-state index contributed by atoms with van der Waals surface area (Å²) in [6, 6.07) is 16.2. The number of nitrogens with one attached hydrogen (secondary N) is 1. The number of phenolic OH excluding ortho intramolecular Hbond substituents is 2. The molecule has 0 spiro atoms. The summed E-state index contributed by atoms with van der Waals surface area (Å²) in [7, 11) is 1.50. The normalized spacial score (nSPS) is 10.6. The first kappa shape index (κ1) is 20.3. The molecule has 3 N–H and O–H groups in total. The van der Waals surface area contributed by atoms with Gasteiger partial charge in [-0.25, -0.2) is 10.3 Å². The Morgan fingerprint density at radius 3 is 2.27 bits per heavy atom. The SMILES string of the molecule is COc1cccc(C(=O)ONc2ccc(N=NC(=O)c3cc(O)cc(O)c3)cc2)c1. The monoisotopic (exact) mass is 407 g/mol. The van der Waals surface area contributed by atoms with E-state index in [1.807, 2.05) is 0 Å². The largest absolute Gasteiger partial charge is 0.508 e. The zero-order valence-corrected chi connectivity index (χ0v) is 15.8. The first-order chi connectivity index (χ1) is 14.4. The van der Waals surface area contributed by atoms with E-state index in [1.54, 1.807) is 48.5 Å². The summed E-state index contributed by atoms with van der Waals surface area (Å²) in [5, 5.41) is 26.2. The molecule has 0 bridgehead atoms. The Bertz CT molecular complexity index is 1080. The van der Waals surface area contributed by atoms with Crippen molar-refractivity contribution < 1.29 is 29.4 Å². The molecule has 0 aromatic heterocycles. The molecule has 1 amide bonds. The summed E-state index contributed by atoms with van der Waals surface area (Å²) in [5.74, 6) is -1.29. The van der Waals surface area contributed by atoms with Gasteiger partial charge in [-0.2, -0.15) is 0 Å². The number of methoxy groups -OCH3 is 1. The number of ether oxygens (including phenoxy) is 1. The predicted octanol–water partition coefficient (Wildman–Crippen LogP) is 4.21. The molecule has 152 valence electrons. The number of phenols is 2. The summed E-state index contributed by atoms with van der Waals surface area (Å²) >= 11 is 0. The smallest absolute Gasteiger partial charge is 0.362 e. The molecule has 30 heavy (non-hydrogen) atoms. The molecule has 0 aliphatic heterocycles. The second-order valence-corrected chi connectivity index (χ2v) is 6.01. The number of nitrogens with zero attached hydrogens (tertiary/aromatic N) is 2. The van der Waals surface area contributed by atoms with E-state index in [9.17, 15) is 19.8 Å². The highest BCUT2D eigenvalue weighted by Gasteiger charge is 2.09. The summed E-state index contributed by atoms with van der Waals surface area (Å²) in [6.45, 7) is 0. The van der Waals surface area contributed by atoms with Crippen LogP contribution in [0.4, 0.5) is 11.4 Å². The van der Waals surface area contributed by atoms with Crippen molar-refractivity contribution in [3.8, 4) is 17.2 Å². The Hall–Kier alpha value is -4.40. The number of aromatic hydroxyl groups is 2. The van der Waals surface area contributed by atoms with Crippen LogP contribution in [0, 0.1) is 0 Å². The second kappa shape index (κ2) is 9.20. The van der Waals surface area contributed by atoms with Crippen LogP contribution in [0.2, 0.25) is 0 Å². The van der Waals surface area contributed by atoms with Gasteiger partial charge in [-0.1, -0.05) is 6.07 Å². The number of carbonyl (C=O) groups excluding carboxylic acids is 2. The number of rotatable bonds is 6. The van der Waals surface area contributed by atoms with Gasteiger partial charge < -0.3 is 19.8 Å². The molecule has 0 aliphatic carbocycles. The number of benzene rings is 3. The van der Waals surface area contributed by atoms with Crippen LogP contribution >= 0.6 is 0 Å². The molecule has 3 aromatic rings. The first-order valence-electron chi connectivity index (χ1n) is 8.65. The second-order valence-electron chi connectivity index (χ2n) is 6.01. The van der Waals surface area contributed by atoms with E-state index in [0.717, 1.165) is 6.07 Å². The Kier molecular flexibility index (Phi) is 6.23. The van der Waals surface area contributed by atoms with Gasteiger partial charge in [-0.15, -0.1) is 10.2 Å². The van der Waals surface area contributed by atoms with Crippen LogP contribution in [0.3, 0.4) is 0 Å². The summed E-state index contributed by atoms with van der Waals surface area (Å²) in [6.07, 6.45) is 0. The number of azo groups is 1. The van der Waals surface area contributed by atoms with Crippen LogP contribution in [0.15, 0.2) is 77.0 Å². The van der Waals surface area contributed by atoms with E-state index in [4.69, 9.17) is 9.57 Å². The molecular formula is C21H17N3O6. The van der Waals surface area contributed by atoms with Crippen LogP contribution in [0.25, 0.3) is 0 Å². The quantitative estimate of drug-likeness (QED) is 0.412. The predicted molar refractivity (Wildman–Crippen MR) is 107 cm³/mol. The summed E-state index contributed by atoms with van der Waals surface area (Å²) in [5.41, 5.74) is 3.70. The van der Waals surface area contributed by atoms with Crippen molar-refractivity contribution in [3.05, 3.63) is 77.9 Å². The molecule has 3 rings (SSSR count). The van der Waals surface area contributed by atoms with Crippen molar-refractivity contribution in [2.24, 2.45) is 10.2 Å². The van der Waals surface area contributed by atoms with Gasteiger partial charge in [0, 0.05) is 6.07 Å². The molecule has 0 radical (unpaired) electrons. The molecule has 0 saturated carbocycles. The van der Waals surface area contributed by atoms with Crippen LogP contribution < -0.4 is 10.2 Å². The highest BCUT2D eigenvalue weighted by molar-refractivity contribution is 5.95. The average Bonchev–Trinajstić information content (AvgIpc) is 2.75. The zero-order chi connectivity index (χ0) is 21.5. The van der Waals surface area contributed by atoms with Gasteiger partial charge in [-0.3, -0.25) is 4.79 Å². The van der Waals surface area contributed by atoms with Crippen molar-refractivity contribution in [2.45, 2.75) is 0 Å². The van der Waals surface area contributed by atoms with Gasteiger partial charge in [-0.05, 0) is 54.6 Å². The molecule has 0 heterocycles. The fourth-order valence-electron chi connectivity index (χ4n) is 2.39. The van der Waals surface area contributed by atoms with E-state index < -0.39 is 11.9 Å². The Morgan fingerprint density at radius 1 is 0.900 bits per heavy atom. The fraction of sp³-hybridized carbons (Fsp3) is 0.0476. The molecule has 0 fully saturated rings. The lowest BCUT2D eigenvalue weighted by atomic mass is 10.2. The molecule has 0 atom stereocenters. The average molecular weight is 407 g/mol. The molecule has 9 heteroatoms. The Morgan fingerprint density at radius 2 is 1.60 bits per heavy atom. The highest BCUT2D eigenvalue weighted by atomic mass is 16.7. The molecular weight excluding hydrogens is 390 g/mol. The van der Waals surface area contributed by atoms with Crippen LogP contribution in [-0.2, 0) is 4.84 Å². The lowest BCUT2D eigenvalue weighted by Crippen LogP contribution is -2.10. The third-order valence-electron chi connectivity index (χ3n) is 3.84. The standard InChI is InChI=1S/C21H17N3O6/c1-29-19-4-2-3-13(11-19)21(28)30-24-16-7-5-15(6-8-16)22-23-20(27)14-9-17(25)12-18(26)10-14/h2-12,24-26H,1H3. The molecule has 0 saturated heterocycles. The van der Waals surface area contributed by atoms with Crippen LogP contribution in [0.1, 0.15) is 20.7 Å². The van der Waals surface area contributed by atoms with E-state index in [1.165, 1.54) is 19.2 Å². The van der Waals surface area contributed by atoms with Crippen LogP contribution in [0.5, 0.6) is 17.2 Å². The van der Waals surface area contributed by atoms with Crippen molar-refractivity contribution in [3.63, 3.8) is 0 Å². The highest BCUT2D eigenvalue weighted by Crippen LogP contribution is 2.22. The number of hydrogen-bond donors (Lipinski definition) is 3. The van der Waals surface area contributed by atoms with E-state index in [2.05, 4.69) is 15.7 Å². The third-order valence-corrected chi connectivity index (χ3v) is 3.84. The summed E-state index contributed by atoms with van der Waals surface area (Å²) in [4.78, 5) is 29.1. The third kappa shape index (κ3) is 5.32. The first-order valence-corrected chi connectivity index (χ1v) is 8.65. The van der Waals surface area contributed by atoms with Crippen molar-refractivity contribution in [2.75, 3.05) is 12.6 Å². The maximum Gasteiger partial charge on any atom is 0.362 e. The van der Waals surface area contributed by atoms with Crippen molar-refractivity contribution in [1.82, 2.24) is 0 Å². The van der Waals surface area contributed by atoms with E-state index >= 15 is 0 Å². The molecule has 3 aromatic carbocycles. The van der Waals surface area contributed by atoms with Gasteiger partial charge in [0.1, 0.15) is 17.2 Å². The molecule has 9 nitrogen and oxygen atoms in total. The summed E-state index contributed by atoms with van der Waals surface area (Å²) < 4.78 is 5.06. The number of carbonyl (C=O) groups is 2. The van der Waals surface area contributed by atoms with Gasteiger partial charge >= 0.3 is 5.97 Å². The Balaban J connectivity index is 1.58. The lowest BCUT2D eigenvalue weighted by Gasteiger charge is -2.07. The van der Waals surface area contributed by atoms with E-state index in [-0.39, 0.29) is 17.1 Å². The van der Waals surface area contributed by atoms with Gasteiger partial charge in [0.25, 0.3) is 5.91 Å². The van der Waals surface area contributed by atoms with E-state index in [0.29, 0.717) is 22.7 Å². The minimum Gasteiger partial charge on any atom is -0.508 e. The van der Waals surface area contributed by atoms with Gasteiger partial charge in [0.15, 0.2) is 0 Å². The lowest BCUT2D eigenvalue weighted by molar-refractivity contribution is 0.0596. The van der Waals surface area contributed by atoms with Crippen molar-refractivity contribution in [1.29, 1.82) is 0 Å². The minimum absolute atomic E-state index is 0.000934. The minimum atomic E-state index is -0.726. The fourth-order valence-corrected chi connectivity index (χ4v) is 2.39. The zero-order valence-electron chi connectivity index (χ0n) is 15.8. The van der Waals surface area contributed by atoms with Crippen LogP contribution in [-0.4, -0.2) is 29.2 Å². The molecule has 0 aliphatic rings. The maximum atomic E-state index is 12.1. The topological polar surface area (TPSA) is 130 Å².